The Morgan fingerprint density at radius 3 is 2.23 bits per heavy atom. The van der Waals surface area contributed by atoms with Crippen LogP contribution < -0.4 is 9.64 Å². The number of pyridine rings is 1. The van der Waals surface area contributed by atoms with Crippen LogP contribution in [0.4, 0.5) is 5.13 Å². The Balaban J connectivity index is 1.71. The molecule has 0 unspecified atom stereocenters. The molecule has 2 aromatic heterocycles. The number of fused-ring (bicyclic) bond motifs is 1. The van der Waals surface area contributed by atoms with Crippen LogP contribution in [0.15, 0.2) is 65.7 Å². The monoisotopic (exact) mass is 580 g/mol. The normalized spacial score (nSPS) is 12.0. The van der Waals surface area contributed by atoms with Gasteiger partial charge in [0.2, 0.25) is 10.0 Å². The number of nitrogens with zero attached hydrogens (tertiary/aromatic N) is 4. The smallest absolute Gasteiger partial charge is 0.260 e. The maximum absolute atomic E-state index is 13.9. The molecule has 0 bridgehead atoms. The van der Waals surface area contributed by atoms with Crippen molar-refractivity contribution in [2.24, 2.45) is 11.8 Å². The number of carbonyl (C=O) groups excluding carboxylic acids is 1. The summed E-state index contributed by atoms with van der Waals surface area (Å²) < 4.78 is 34.9. The molecule has 0 radical (unpaired) electrons. The van der Waals surface area contributed by atoms with Crippen molar-refractivity contribution in [1.29, 1.82) is 0 Å². The van der Waals surface area contributed by atoms with Crippen molar-refractivity contribution in [2.45, 2.75) is 46.1 Å². The average Bonchev–Trinajstić information content (AvgIpc) is 3.37. The molecule has 2 aromatic carbocycles. The van der Waals surface area contributed by atoms with Gasteiger partial charge < -0.3 is 4.74 Å². The van der Waals surface area contributed by atoms with E-state index in [1.807, 2.05) is 65.0 Å². The first kappa shape index (κ1) is 29.6. The molecule has 10 heteroatoms. The topological polar surface area (TPSA) is 92.7 Å². The predicted molar refractivity (Wildman–Crippen MR) is 161 cm³/mol. The van der Waals surface area contributed by atoms with Crippen molar-refractivity contribution in [3.63, 3.8) is 0 Å². The predicted octanol–water partition coefficient (Wildman–Crippen LogP) is 6.16. The summed E-state index contributed by atoms with van der Waals surface area (Å²) in [7, 11) is -2.11. The van der Waals surface area contributed by atoms with Crippen LogP contribution >= 0.6 is 11.3 Å². The van der Waals surface area contributed by atoms with Crippen molar-refractivity contribution >= 4 is 42.6 Å². The number of hydrogen-bond donors (Lipinski definition) is 0. The van der Waals surface area contributed by atoms with Crippen LogP contribution in [0.25, 0.3) is 10.2 Å². The molecule has 40 heavy (non-hydrogen) atoms. The third-order valence-corrected chi connectivity index (χ3v) is 9.37. The van der Waals surface area contributed by atoms with E-state index in [4.69, 9.17) is 9.72 Å². The first-order chi connectivity index (χ1) is 19.0. The molecule has 0 atom stereocenters. The minimum atomic E-state index is -3.71. The maximum Gasteiger partial charge on any atom is 0.260 e. The zero-order chi connectivity index (χ0) is 29.0. The summed E-state index contributed by atoms with van der Waals surface area (Å²) in [6.45, 7) is 11.1. The van der Waals surface area contributed by atoms with Gasteiger partial charge in [0.25, 0.3) is 5.91 Å². The fraction of sp³-hybridized carbons (Fsp3) is 0.367. The van der Waals surface area contributed by atoms with Crippen molar-refractivity contribution in [3.8, 4) is 5.75 Å². The molecule has 0 aliphatic heterocycles. The second-order valence-corrected chi connectivity index (χ2v) is 13.5. The fourth-order valence-electron chi connectivity index (χ4n) is 4.42. The number of sulfonamides is 1. The lowest BCUT2D eigenvalue weighted by Gasteiger charge is -2.26. The molecule has 2 heterocycles. The first-order valence-corrected chi connectivity index (χ1v) is 15.5. The molecule has 0 aliphatic carbocycles. The molecular formula is C30H36N4O4S2. The van der Waals surface area contributed by atoms with Gasteiger partial charge in [-0.05, 0) is 66.8 Å². The van der Waals surface area contributed by atoms with E-state index >= 15 is 0 Å². The van der Waals surface area contributed by atoms with Crippen LogP contribution in [0.1, 0.15) is 49.3 Å². The number of aromatic nitrogens is 2. The highest BCUT2D eigenvalue weighted by Gasteiger charge is 2.28. The van der Waals surface area contributed by atoms with Gasteiger partial charge in [-0.2, -0.15) is 4.31 Å². The highest BCUT2D eigenvalue weighted by Crippen LogP contribution is 2.37. The molecule has 0 spiro atoms. The zero-order valence-electron chi connectivity index (χ0n) is 23.8. The molecule has 0 aliphatic rings. The average molecular weight is 581 g/mol. The van der Waals surface area contributed by atoms with Gasteiger partial charge in [-0.15, -0.1) is 0 Å². The Morgan fingerprint density at radius 2 is 1.65 bits per heavy atom. The Hall–Kier alpha value is -3.34. The Bertz CT molecular complexity index is 1560. The van der Waals surface area contributed by atoms with E-state index in [0.717, 1.165) is 10.3 Å². The van der Waals surface area contributed by atoms with E-state index in [0.29, 0.717) is 40.7 Å². The largest absolute Gasteiger partial charge is 0.494 e. The molecule has 4 rings (SSSR count). The number of benzene rings is 2. The van der Waals surface area contributed by atoms with E-state index < -0.39 is 10.0 Å². The lowest BCUT2D eigenvalue weighted by molar-refractivity contribution is 0.0984. The second-order valence-electron chi connectivity index (χ2n) is 10.6. The number of thiazole rings is 1. The molecule has 0 saturated carbocycles. The van der Waals surface area contributed by atoms with E-state index in [9.17, 15) is 13.2 Å². The summed E-state index contributed by atoms with van der Waals surface area (Å²) in [6, 6.07) is 15.6. The van der Waals surface area contributed by atoms with Crippen molar-refractivity contribution in [1.82, 2.24) is 14.3 Å². The molecule has 4 aromatic rings. The summed E-state index contributed by atoms with van der Waals surface area (Å²) in [4.78, 5) is 24.9. The summed E-state index contributed by atoms with van der Waals surface area (Å²) >= 11 is 1.41. The zero-order valence-corrected chi connectivity index (χ0v) is 25.4. The Labute approximate surface area is 240 Å². The first-order valence-electron chi connectivity index (χ1n) is 13.3. The SMILES string of the molecule is COc1ccc(C)c2sc(N(Cc3ccccn3)C(=O)c3ccc(S(=O)(=O)N(CC(C)C)CC(C)C)cc3)nc12. The molecule has 8 nitrogen and oxygen atoms in total. The van der Waals surface area contributed by atoms with Gasteiger partial charge in [0.05, 0.1) is 28.9 Å². The number of carbonyl (C=O) groups is 1. The van der Waals surface area contributed by atoms with Gasteiger partial charge >= 0.3 is 0 Å². The van der Waals surface area contributed by atoms with Crippen molar-refractivity contribution < 1.29 is 17.9 Å². The van der Waals surface area contributed by atoms with Crippen LogP contribution in [0.5, 0.6) is 5.75 Å². The van der Waals surface area contributed by atoms with Gasteiger partial charge in [-0.3, -0.25) is 14.7 Å². The quantitative estimate of drug-likeness (QED) is 0.211. The number of aryl methyl sites for hydroxylation is 1. The molecule has 212 valence electrons. The lowest BCUT2D eigenvalue weighted by Crippen LogP contribution is -2.37. The number of rotatable bonds is 11. The molecule has 0 saturated heterocycles. The van der Waals surface area contributed by atoms with Crippen LogP contribution in [-0.4, -0.2) is 48.8 Å². The summed E-state index contributed by atoms with van der Waals surface area (Å²) in [6.07, 6.45) is 1.68. The second kappa shape index (κ2) is 12.4. The van der Waals surface area contributed by atoms with Gasteiger partial charge in [0.1, 0.15) is 11.3 Å². The number of hydrogen-bond acceptors (Lipinski definition) is 7. The van der Waals surface area contributed by atoms with Crippen LogP contribution in [0.2, 0.25) is 0 Å². The lowest BCUT2D eigenvalue weighted by atomic mass is 10.2. The van der Waals surface area contributed by atoms with Crippen molar-refractivity contribution in [3.05, 3.63) is 77.6 Å². The summed E-state index contributed by atoms with van der Waals surface area (Å²) in [5, 5.41) is 0.509. The molecule has 1 amide bonds. The minimum absolute atomic E-state index is 0.168. The van der Waals surface area contributed by atoms with E-state index in [1.54, 1.807) is 30.3 Å². The number of methoxy groups -OCH3 is 1. The van der Waals surface area contributed by atoms with Gasteiger partial charge in [-0.25, -0.2) is 13.4 Å². The van der Waals surface area contributed by atoms with Gasteiger partial charge in [0.15, 0.2) is 5.13 Å². The third kappa shape index (κ3) is 6.51. The standard InChI is InChI=1S/C30H36N4O4S2/c1-20(2)17-33(18-21(3)4)40(36,37)25-13-11-23(12-14-25)29(35)34(19-24-9-7-8-16-31-24)30-32-27-26(38-6)15-10-22(5)28(27)39-30/h7-16,20-21H,17-19H2,1-6H3. The highest BCUT2D eigenvalue weighted by atomic mass is 32.2. The molecule has 0 fully saturated rings. The van der Waals surface area contributed by atoms with E-state index in [1.165, 1.54) is 27.8 Å². The van der Waals surface area contributed by atoms with Gasteiger partial charge in [0, 0.05) is 24.8 Å². The van der Waals surface area contributed by atoms with Gasteiger partial charge in [-0.1, -0.05) is 51.2 Å². The summed E-state index contributed by atoms with van der Waals surface area (Å²) in [5.74, 6) is 0.706. The number of amides is 1. The fourth-order valence-corrected chi connectivity index (χ4v) is 7.23. The Morgan fingerprint density at radius 1 is 0.975 bits per heavy atom. The third-order valence-electron chi connectivity index (χ3n) is 6.31. The van der Waals surface area contributed by atoms with Crippen LogP contribution in [0.3, 0.4) is 0 Å². The van der Waals surface area contributed by atoms with Crippen LogP contribution in [0, 0.1) is 18.8 Å². The number of anilines is 1. The van der Waals surface area contributed by atoms with Crippen LogP contribution in [-0.2, 0) is 16.6 Å². The maximum atomic E-state index is 13.9. The Kier molecular flexibility index (Phi) is 9.22. The van der Waals surface area contributed by atoms with Crippen molar-refractivity contribution in [2.75, 3.05) is 25.1 Å². The highest BCUT2D eigenvalue weighted by molar-refractivity contribution is 7.89. The van der Waals surface area contributed by atoms with E-state index in [2.05, 4.69) is 4.98 Å². The molecule has 0 N–H and O–H groups in total. The summed E-state index contributed by atoms with van der Waals surface area (Å²) in [5.41, 5.74) is 2.79. The number of ether oxygens (including phenoxy) is 1. The van der Waals surface area contributed by atoms with E-state index in [-0.39, 0.29) is 29.2 Å². The molecular weight excluding hydrogens is 544 g/mol. The minimum Gasteiger partial charge on any atom is -0.494 e.